The van der Waals surface area contributed by atoms with Crippen molar-refractivity contribution < 1.29 is 17.9 Å². The quantitative estimate of drug-likeness (QED) is 0.829. The molecular weight excluding hydrogens is 287 g/mol. The first-order valence-electron chi connectivity index (χ1n) is 5.74. The third-order valence-electron chi connectivity index (χ3n) is 2.69. The molecule has 2 nitrogen and oxygen atoms in total. The lowest BCUT2D eigenvalue weighted by Gasteiger charge is -2.20. The molecular formula is C14H12F3NOS. The summed E-state index contributed by atoms with van der Waals surface area (Å²) in [6, 6.07) is 13.1. The van der Waals surface area contributed by atoms with Crippen LogP contribution in [-0.4, -0.2) is 13.4 Å². The van der Waals surface area contributed by atoms with E-state index in [4.69, 9.17) is 0 Å². The maximum atomic E-state index is 12.1. The van der Waals surface area contributed by atoms with Gasteiger partial charge < -0.3 is 9.64 Å². The van der Waals surface area contributed by atoms with Crippen LogP contribution in [0.2, 0.25) is 0 Å². The summed E-state index contributed by atoms with van der Waals surface area (Å²) in [5.41, 5.74) is 1.67. The van der Waals surface area contributed by atoms with Crippen molar-refractivity contribution in [2.24, 2.45) is 0 Å². The number of alkyl halides is 3. The predicted octanol–water partition coefficient (Wildman–Crippen LogP) is 4.64. The average molecular weight is 299 g/mol. The standard InChI is InChI=1S/C14H12F3NOS/c1-18(11-4-8-13(20)9-5-11)10-2-6-12(7-3-10)19-14(15,16)17/h2-9,20H,1H3. The minimum Gasteiger partial charge on any atom is -0.406 e. The molecule has 0 fully saturated rings. The number of halogens is 3. The van der Waals surface area contributed by atoms with Gasteiger partial charge in [-0.3, -0.25) is 0 Å². The summed E-state index contributed by atoms with van der Waals surface area (Å²) >= 11 is 4.20. The average Bonchev–Trinajstić information content (AvgIpc) is 2.38. The van der Waals surface area contributed by atoms with Gasteiger partial charge in [0.05, 0.1) is 0 Å². The Labute approximate surface area is 120 Å². The molecule has 106 valence electrons. The Balaban J connectivity index is 2.15. The SMILES string of the molecule is CN(c1ccc(S)cc1)c1ccc(OC(F)(F)F)cc1. The molecule has 2 aromatic rings. The number of hydrogen-bond acceptors (Lipinski definition) is 3. The maximum Gasteiger partial charge on any atom is 0.573 e. The second-order valence-corrected chi connectivity index (χ2v) is 4.63. The molecule has 0 aliphatic carbocycles. The molecule has 0 saturated carbocycles. The maximum absolute atomic E-state index is 12.1. The molecule has 0 atom stereocenters. The zero-order chi connectivity index (χ0) is 14.8. The van der Waals surface area contributed by atoms with Crippen molar-refractivity contribution in [2.45, 2.75) is 11.3 Å². The topological polar surface area (TPSA) is 12.5 Å². The number of hydrogen-bond donors (Lipinski definition) is 1. The van der Waals surface area contributed by atoms with Crippen LogP contribution in [0.4, 0.5) is 24.5 Å². The number of rotatable bonds is 3. The summed E-state index contributed by atoms with van der Waals surface area (Å²) in [5, 5.41) is 0. The first-order chi connectivity index (χ1) is 9.35. The van der Waals surface area contributed by atoms with Gasteiger partial charge in [0.15, 0.2) is 0 Å². The lowest BCUT2D eigenvalue weighted by atomic mass is 10.2. The summed E-state index contributed by atoms with van der Waals surface area (Å²) in [6.07, 6.45) is -4.67. The number of benzene rings is 2. The molecule has 0 aliphatic rings. The summed E-state index contributed by atoms with van der Waals surface area (Å²) < 4.78 is 40.0. The van der Waals surface area contributed by atoms with Crippen LogP contribution in [0, 0.1) is 0 Å². The Morgan fingerprint density at radius 1 is 0.900 bits per heavy atom. The van der Waals surface area contributed by atoms with Gasteiger partial charge in [0.1, 0.15) is 5.75 Å². The van der Waals surface area contributed by atoms with Gasteiger partial charge in [-0.2, -0.15) is 0 Å². The van der Waals surface area contributed by atoms with Gasteiger partial charge in [0.2, 0.25) is 0 Å². The van der Waals surface area contributed by atoms with E-state index in [-0.39, 0.29) is 5.75 Å². The van der Waals surface area contributed by atoms with E-state index < -0.39 is 6.36 Å². The second kappa shape index (κ2) is 5.66. The fourth-order valence-corrected chi connectivity index (χ4v) is 1.85. The Bertz CT molecular complexity index is 566. The van der Waals surface area contributed by atoms with E-state index in [9.17, 15) is 13.2 Å². The number of anilines is 2. The molecule has 2 rings (SSSR count). The fraction of sp³-hybridized carbons (Fsp3) is 0.143. The lowest BCUT2D eigenvalue weighted by molar-refractivity contribution is -0.274. The van der Waals surface area contributed by atoms with Crippen molar-refractivity contribution in [1.82, 2.24) is 0 Å². The van der Waals surface area contributed by atoms with Crippen LogP contribution in [-0.2, 0) is 0 Å². The van der Waals surface area contributed by atoms with Crippen molar-refractivity contribution in [3.63, 3.8) is 0 Å². The van der Waals surface area contributed by atoms with Crippen LogP contribution in [0.3, 0.4) is 0 Å². The molecule has 0 aromatic heterocycles. The van der Waals surface area contributed by atoms with Crippen LogP contribution in [0.15, 0.2) is 53.4 Å². The lowest BCUT2D eigenvalue weighted by Crippen LogP contribution is -2.17. The number of thiol groups is 1. The van der Waals surface area contributed by atoms with E-state index in [0.717, 1.165) is 16.3 Å². The van der Waals surface area contributed by atoms with Crippen molar-refractivity contribution >= 4 is 24.0 Å². The highest BCUT2D eigenvalue weighted by atomic mass is 32.1. The van der Waals surface area contributed by atoms with Gasteiger partial charge >= 0.3 is 6.36 Å². The predicted molar refractivity (Wildman–Crippen MR) is 74.9 cm³/mol. The summed E-state index contributed by atoms with van der Waals surface area (Å²) in [6.45, 7) is 0. The highest BCUT2D eigenvalue weighted by Crippen LogP contribution is 2.28. The molecule has 0 saturated heterocycles. The molecule has 0 spiro atoms. The van der Waals surface area contributed by atoms with Gasteiger partial charge in [-0.1, -0.05) is 0 Å². The van der Waals surface area contributed by atoms with Gasteiger partial charge in [0.25, 0.3) is 0 Å². The Morgan fingerprint density at radius 2 is 1.35 bits per heavy atom. The number of ether oxygens (including phenoxy) is 1. The van der Waals surface area contributed by atoms with Crippen molar-refractivity contribution in [1.29, 1.82) is 0 Å². The Kier molecular flexibility index (Phi) is 4.13. The van der Waals surface area contributed by atoms with Gasteiger partial charge in [-0.25, -0.2) is 0 Å². The van der Waals surface area contributed by atoms with Crippen molar-refractivity contribution in [3.8, 4) is 5.75 Å². The molecule has 0 aliphatic heterocycles. The van der Waals surface area contributed by atoms with E-state index in [2.05, 4.69) is 17.4 Å². The van der Waals surface area contributed by atoms with Crippen LogP contribution in [0.25, 0.3) is 0 Å². The van der Waals surface area contributed by atoms with Gasteiger partial charge in [-0.15, -0.1) is 25.8 Å². The zero-order valence-electron chi connectivity index (χ0n) is 10.6. The highest BCUT2D eigenvalue weighted by Gasteiger charge is 2.30. The first kappa shape index (κ1) is 14.6. The first-order valence-corrected chi connectivity index (χ1v) is 6.18. The second-order valence-electron chi connectivity index (χ2n) is 4.12. The molecule has 2 aromatic carbocycles. The summed E-state index contributed by atoms with van der Waals surface area (Å²) in [7, 11) is 1.83. The minimum atomic E-state index is -4.67. The minimum absolute atomic E-state index is 0.236. The summed E-state index contributed by atoms with van der Waals surface area (Å²) in [5.74, 6) is -0.236. The fourth-order valence-electron chi connectivity index (χ4n) is 1.70. The van der Waals surface area contributed by atoms with E-state index in [0.29, 0.717) is 0 Å². The molecule has 20 heavy (non-hydrogen) atoms. The molecule has 0 amide bonds. The third-order valence-corrected chi connectivity index (χ3v) is 2.99. The van der Waals surface area contributed by atoms with E-state index in [1.807, 2.05) is 36.2 Å². The van der Waals surface area contributed by atoms with E-state index in [1.54, 1.807) is 12.1 Å². The largest absolute Gasteiger partial charge is 0.573 e. The molecule has 0 N–H and O–H groups in total. The molecule has 0 bridgehead atoms. The number of nitrogens with zero attached hydrogens (tertiary/aromatic N) is 1. The molecule has 0 radical (unpaired) electrons. The highest BCUT2D eigenvalue weighted by molar-refractivity contribution is 7.80. The Morgan fingerprint density at radius 3 is 1.80 bits per heavy atom. The van der Waals surface area contributed by atoms with Crippen LogP contribution in [0.1, 0.15) is 0 Å². The zero-order valence-corrected chi connectivity index (χ0v) is 11.4. The van der Waals surface area contributed by atoms with Gasteiger partial charge in [0, 0.05) is 23.3 Å². The third kappa shape index (κ3) is 3.84. The van der Waals surface area contributed by atoms with Crippen LogP contribution >= 0.6 is 12.6 Å². The monoisotopic (exact) mass is 299 g/mol. The smallest absolute Gasteiger partial charge is 0.406 e. The van der Waals surface area contributed by atoms with Crippen LogP contribution < -0.4 is 9.64 Å². The normalized spacial score (nSPS) is 11.2. The molecule has 0 heterocycles. The van der Waals surface area contributed by atoms with E-state index in [1.165, 1.54) is 12.1 Å². The summed E-state index contributed by atoms with van der Waals surface area (Å²) in [4.78, 5) is 2.70. The Hall–Kier alpha value is -1.82. The molecule has 6 heteroatoms. The van der Waals surface area contributed by atoms with E-state index >= 15 is 0 Å². The van der Waals surface area contributed by atoms with Gasteiger partial charge in [-0.05, 0) is 48.5 Å². The van der Waals surface area contributed by atoms with Crippen molar-refractivity contribution in [2.75, 3.05) is 11.9 Å². The molecule has 0 unspecified atom stereocenters. The van der Waals surface area contributed by atoms with Crippen LogP contribution in [0.5, 0.6) is 5.75 Å². The van der Waals surface area contributed by atoms with Crippen molar-refractivity contribution in [3.05, 3.63) is 48.5 Å².